The van der Waals surface area contributed by atoms with Gasteiger partial charge >= 0.3 is 0 Å². The van der Waals surface area contributed by atoms with Crippen molar-refractivity contribution < 1.29 is 13.2 Å². The van der Waals surface area contributed by atoms with Crippen LogP contribution in [0.4, 0.5) is 0 Å². The number of benzene rings is 2. The van der Waals surface area contributed by atoms with Crippen LogP contribution in [0.1, 0.15) is 43.2 Å². The van der Waals surface area contributed by atoms with E-state index in [1.165, 1.54) is 29.1 Å². The molecule has 2 aromatic rings. The summed E-state index contributed by atoms with van der Waals surface area (Å²) in [5.41, 5.74) is 2.41. The molecule has 0 unspecified atom stereocenters. The molecule has 0 bridgehead atoms. The van der Waals surface area contributed by atoms with Crippen molar-refractivity contribution in [3.8, 4) is 0 Å². The molecule has 1 aliphatic rings. The molecule has 3 rings (SSSR count). The van der Waals surface area contributed by atoms with E-state index >= 15 is 0 Å². The molecule has 168 valence electrons. The standard InChI is InChI=1S/C24H33N3O3S/c1-26(31(29,30)23-13-4-2-5-14-23)16-10-15-24(28)25-19-21-11-6-7-12-22(21)20-27-17-8-3-9-18-27/h2,4-7,11-14H,3,8-10,15-20H2,1H3,(H,25,28). The Morgan fingerprint density at radius 3 is 2.32 bits per heavy atom. The molecular weight excluding hydrogens is 410 g/mol. The molecule has 1 amide bonds. The molecule has 0 aromatic heterocycles. The number of likely N-dealkylation sites (tertiary alicyclic amines) is 1. The Morgan fingerprint density at radius 1 is 0.968 bits per heavy atom. The van der Waals surface area contributed by atoms with Crippen molar-refractivity contribution in [3.63, 3.8) is 0 Å². The second-order valence-electron chi connectivity index (χ2n) is 8.13. The van der Waals surface area contributed by atoms with E-state index in [-0.39, 0.29) is 10.8 Å². The van der Waals surface area contributed by atoms with E-state index < -0.39 is 10.0 Å². The van der Waals surface area contributed by atoms with Crippen LogP contribution in [0.25, 0.3) is 0 Å². The molecule has 0 saturated carbocycles. The van der Waals surface area contributed by atoms with Crippen LogP contribution in [0.5, 0.6) is 0 Å². The lowest BCUT2D eigenvalue weighted by molar-refractivity contribution is -0.121. The van der Waals surface area contributed by atoms with Gasteiger partial charge in [0.05, 0.1) is 4.90 Å². The summed E-state index contributed by atoms with van der Waals surface area (Å²) < 4.78 is 26.4. The molecule has 1 saturated heterocycles. The number of carbonyl (C=O) groups is 1. The van der Waals surface area contributed by atoms with E-state index in [1.54, 1.807) is 37.4 Å². The molecule has 1 N–H and O–H groups in total. The van der Waals surface area contributed by atoms with Crippen molar-refractivity contribution in [2.45, 2.75) is 50.1 Å². The van der Waals surface area contributed by atoms with Crippen molar-refractivity contribution in [1.29, 1.82) is 0 Å². The summed E-state index contributed by atoms with van der Waals surface area (Å²) in [7, 11) is -1.96. The number of amides is 1. The Labute approximate surface area is 186 Å². The quantitative estimate of drug-likeness (QED) is 0.611. The second-order valence-corrected chi connectivity index (χ2v) is 10.2. The van der Waals surface area contributed by atoms with E-state index in [0.717, 1.165) is 25.2 Å². The molecule has 1 aliphatic heterocycles. The minimum absolute atomic E-state index is 0.0571. The maximum absolute atomic E-state index is 12.5. The average molecular weight is 444 g/mol. The molecule has 1 heterocycles. The first-order valence-corrected chi connectivity index (χ1v) is 12.5. The van der Waals surface area contributed by atoms with Crippen LogP contribution < -0.4 is 5.32 Å². The molecule has 0 spiro atoms. The lowest BCUT2D eigenvalue weighted by atomic mass is 10.0. The highest BCUT2D eigenvalue weighted by molar-refractivity contribution is 7.89. The summed E-state index contributed by atoms with van der Waals surface area (Å²) in [6, 6.07) is 16.6. The third kappa shape index (κ3) is 6.89. The highest BCUT2D eigenvalue weighted by atomic mass is 32.2. The first-order valence-electron chi connectivity index (χ1n) is 11.0. The molecule has 1 fully saturated rings. The third-order valence-electron chi connectivity index (χ3n) is 5.77. The monoisotopic (exact) mass is 443 g/mol. The zero-order valence-electron chi connectivity index (χ0n) is 18.3. The van der Waals surface area contributed by atoms with Crippen LogP contribution in [-0.2, 0) is 27.9 Å². The molecule has 31 heavy (non-hydrogen) atoms. The van der Waals surface area contributed by atoms with Gasteiger partial charge in [0.25, 0.3) is 0 Å². The van der Waals surface area contributed by atoms with Gasteiger partial charge in [0.15, 0.2) is 0 Å². The molecule has 6 nitrogen and oxygen atoms in total. The molecule has 0 radical (unpaired) electrons. The first-order chi connectivity index (χ1) is 15.0. The number of nitrogens with one attached hydrogen (secondary N) is 1. The Kier molecular flexibility index (Phi) is 8.63. The molecular formula is C24H33N3O3S. The summed E-state index contributed by atoms with van der Waals surface area (Å²) in [4.78, 5) is 15.1. The predicted molar refractivity (Wildman–Crippen MR) is 123 cm³/mol. The minimum Gasteiger partial charge on any atom is -0.352 e. The number of hydrogen-bond donors (Lipinski definition) is 1. The largest absolute Gasteiger partial charge is 0.352 e. The van der Waals surface area contributed by atoms with Crippen LogP contribution in [0.2, 0.25) is 0 Å². The second kappa shape index (κ2) is 11.4. The van der Waals surface area contributed by atoms with Gasteiger partial charge in [-0.15, -0.1) is 0 Å². The van der Waals surface area contributed by atoms with Crippen LogP contribution in [-0.4, -0.2) is 50.2 Å². The highest BCUT2D eigenvalue weighted by Crippen LogP contribution is 2.17. The first kappa shape index (κ1) is 23.4. The Bertz CT molecular complexity index is 942. The fourth-order valence-corrected chi connectivity index (χ4v) is 5.11. The van der Waals surface area contributed by atoms with Crippen molar-refractivity contribution in [3.05, 3.63) is 65.7 Å². The summed E-state index contributed by atoms with van der Waals surface area (Å²) in [6.45, 7) is 4.01. The van der Waals surface area contributed by atoms with Crippen LogP contribution in [0, 0.1) is 0 Å². The van der Waals surface area contributed by atoms with Gasteiger partial charge in [0.1, 0.15) is 0 Å². The van der Waals surface area contributed by atoms with Gasteiger partial charge in [-0.05, 0) is 55.6 Å². The Balaban J connectivity index is 1.44. The van der Waals surface area contributed by atoms with Gasteiger partial charge in [-0.3, -0.25) is 9.69 Å². The lowest BCUT2D eigenvalue weighted by Crippen LogP contribution is -2.31. The highest BCUT2D eigenvalue weighted by Gasteiger charge is 2.20. The van der Waals surface area contributed by atoms with Crippen LogP contribution in [0.15, 0.2) is 59.5 Å². The number of carbonyl (C=O) groups excluding carboxylic acids is 1. The SMILES string of the molecule is CN(CCCC(=O)NCc1ccccc1CN1CCCCC1)S(=O)(=O)c1ccccc1. The maximum Gasteiger partial charge on any atom is 0.242 e. The third-order valence-corrected chi connectivity index (χ3v) is 7.64. The topological polar surface area (TPSA) is 69.7 Å². The fraction of sp³-hybridized carbons (Fsp3) is 0.458. The van der Waals surface area contributed by atoms with Gasteiger partial charge in [-0.25, -0.2) is 12.7 Å². The number of piperidine rings is 1. The summed E-state index contributed by atoms with van der Waals surface area (Å²) >= 11 is 0. The van der Waals surface area contributed by atoms with Crippen molar-refractivity contribution >= 4 is 15.9 Å². The Hall–Kier alpha value is -2.22. The summed E-state index contributed by atoms with van der Waals surface area (Å²) in [5.74, 6) is -0.0571. The van der Waals surface area contributed by atoms with Gasteiger partial charge in [-0.1, -0.05) is 48.9 Å². The normalized spacial score (nSPS) is 15.2. The average Bonchev–Trinajstić information content (AvgIpc) is 2.79. The molecule has 2 aromatic carbocycles. The maximum atomic E-state index is 12.5. The van der Waals surface area contributed by atoms with Crippen LogP contribution >= 0.6 is 0 Å². The zero-order chi connectivity index (χ0) is 22.1. The van der Waals surface area contributed by atoms with Gasteiger partial charge < -0.3 is 5.32 Å². The summed E-state index contributed by atoms with van der Waals surface area (Å²) in [6.07, 6.45) is 4.60. The van der Waals surface area contributed by atoms with Crippen molar-refractivity contribution in [1.82, 2.24) is 14.5 Å². The molecule has 7 heteroatoms. The number of rotatable bonds is 10. The fourth-order valence-electron chi connectivity index (χ4n) is 3.88. The zero-order valence-corrected chi connectivity index (χ0v) is 19.1. The predicted octanol–water partition coefficient (Wildman–Crippen LogP) is 3.39. The van der Waals surface area contributed by atoms with Crippen LogP contribution in [0.3, 0.4) is 0 Å². The van der Waals surface area contributed by atoms with E-state index in [4.69, 9.17) is 0 Å². The van der Waals surface area contributed by atoms with E-state index in [2.05, 4.69) is 22.3 Å². The van der Waals surface area contributed by atoms with Gasteiger partial charge in [0.2, 0.25) is 15.9 Å². The van der Waals surface area contributed by atoms with E-state index in [0.29, 0.717) is 25.9 Å². The van der Waals surface area contributed by atoms with E-state index in [9.17, 15) is 13.2 Å². The lowest BCUT2D eigenvalue weighted by Gasteiger charge is -2.27. The Morgan fingerprint density at radius 2 is 1.61 bits per heavy atom. The number of hydrogen-bond acceptors (Lipinski definition) is 4. The number of sulfonamides is 1. The van der Waals surface area contributed by atoms with Gasteiger partial charge in [0, 0.05) is 33.1 Å². The number of nitrogens with zero attached hydrogens (tertiary/aromatic N) is 2. The summed E-state index contributed by atoms with van der Waals surface area (Å²) in [5, 5.41) is 3.00. The smallest absolute Gasteiger partial charge is 0.242 e. The van der Waals surface area contributed by atoms with E-state index in [1.807, 2.05) is 12.1 Å². The van der Waals surface area contributed by atoms with Crippen molar-refractivity contribution in [2.24, 2.45) is 0 Å². The van der Waals surface area contributed by atoms with Gasteiger partial charge in [-0.2, -0.15) is 0 Å². The minimum atomic E-state index is -3.52. The molecule has 0 atom stereocenters. The van der Waals surface area contributed by atoms with Crippen molar-refractivity contribution in [2.75, 3.05) is 26.7 Å². The molecule has 0 aliphatic carbocycles.